The highest BCUT2D eigenvalue weighted by atomic mass is 32.2. The van der Waals surface area contributed by atoms with E-state index < -0.39 is 10.0 Å². The lowest BCUT2D eigenvalue weighted by atomic mass is 10.4. The molecule has 2 heterocycles. The molecule has 1 aliphatic rings. The van der Waals surface area contributed by atoms with E-state index in [2.05, 4.69) is 10.2 Å². The standard InChI is InChI=1S/C8H13N3O3S2/c12-6-7-5-9-10-8(7)16(13,14)11-1-3-15-4-2-11/h5,12H,1-4,6H2,(H,9,10). The van der Waals surface area contributed by atoms with Gasteiger partial charge in [0.1, 0.15) is 0 Å². The number of aromatic nitrogens is 2. The van der Waals surface area contributed by atoms with Gasteiger partial charge in [-0.2, -0.15) is 21.2 Å². The van der Waals surface area contributed by atoms with Crippen LogP contribution in [0.3, 0.4) is 0 Å². The Morgan fingerprint density at radius 3 is 2.81 bits per heavy atom. The zero-order chi connectivity index (χ0) is 11.6. The first-order valence-electron chi connectivity index (χ1n) is 4.87. The van der Waals surface area contributed by atoms with Gasteiger partial charge >= 0.3 is 0 Å². The van der Waals surface area contributed by atoms with Gasteiger partial charge in [0.05, 0.1) is 12.8 Å². The van der Waals surface area contributed by atoms with Gasteiger partial charge in [-0.1, -0.05) is 0 Å². The van der Waals surface area contributed by atoms with E-state index in [1.165, 1.54) is 10.5 Å². The smallest absolute Gasteiger partial charge is 0.260 e. The van der Waals surface area contributed by atoms with Crippen LogP contribution in [0.4, 0.5) is 0 Å². The van der Waals surface area contributed by atoms with E-state index in [0.717, 1.165) is 11.5 Å². The van der Waals surface area contributed by atoms with Crippen LogP contribution in [0.5, 0.6) is 0 Å². The van der Waals surface area contributed by atoms with E-state index >= 15 is 0 Å². The van der Waals surface area contributed by atoms with Crippen LogP contribution >= 0.6 is 11.8 Å². The van der Waals surface area contributed by atoms with Crippen molar-refractivity contribution in [1.29, 1.82) is 0 Å². The minimum Gasteiger partial charge on any atom is -0.392 e. The van der Waals surface area contributed by atoms with E-state index in [1.54, 1.807) is 11.8 Å². The molecule has 8 heteroatoms. The number of thioether (sulfide) groups is 1. The van der Waals surface area contributed by atoms with Crippen molar-refractivity contribution in [2.45, 2.75) is 11.6 Å². The summed E-state index contributed by atoms with van der Waals surface area (Å²) < 4.78 is 25.8. The largest absolute Gasteiger partial charge is 0.392 e. The Morgan fingerprint density at radius 2 is 2.19 bits per heavy atom. The molecule has 1 fully saturated rings. The number of hydrogen-bond acceptors (Lipinski definition) is 5. The van der Waals surface area contributed by atoms with Gasteiger partial charge in [0.15, 0.2) is 5.03 Å². The molecule has 0 saturated carbocycles. The molecule has 1 saturated heterocycles. The number of aliphatic hydroxyl groups excluding tert-OH is 1. The lowest BCUT2D eigenvalue weighted by molar-refractivity contribution is 0.278. The van der Waals surface area contributed by atoms with Crippen LogP contribution in [0, 0.1) is 0 Å². The number of sulfonamides is 1. The van der Waals surface area contributed by atoms with Crippen LogP contribution < -0.4 is 0 Å². The third-order valence-corrected chi connectivity index (χ3v) is 5.27. The lowest BCUT2D eigenvalue weighted by Gasteiger charge is -2.25. The molecular formula is C8H13N3O3S2. The molecule has 1 aromatic heterocycles. The molecule has 0 atom stereocenters. The predicted molar refractivity (Wildman–Crippen MR) is 60.6 cm³/mol. The molecule has 16 heavy (non-hydrogen) atoms. The van der Waals surface area contributed by atoms with Gasteiger partial charge in [0.2, 0.25) is 0 Å². The van der Waals surface area contributed by atoms with Crippen molar-refractivity contribution in [2.75, 3.05) is 24.6 Å². The Morgan fingerprint density at radius 1 is 1.50 bits per heavy atom. The normalized spacial score (nSPS) is 18.8. The number of hydrogen-bond donors (Lipinski definition) is 2. The Labute approximate surface area is 98.1 Å². The quantitative estimate of drug-likeness (QED) is 0.777. The van der Waals surface area contributed by atoms with Crippen LogP contribution in [0.2, 0.25) is 0 Å². The first-order chi connectivity index (χ1) is 7.66. The molecule has 0 bridgehead atoms. The summed E-state index contributed by atoms with van der Waals surface area (Å²) >= 11 is 1.74. The van der Waals surface area contributed by atoms with Crippen molar-refractivity contribution < 1.29 is 13.5 Å². The van der Waals surface area contributed by atoms with Gasteiger partial charge in [-0.25, -0.2) is 8.42 Å². The van der Waals surface area contributed by atoms with Crippen molar-refractivity contribution in [1.82, 2.24) is 14.5 Å². The minimum atomic E-state index is -3.52. The monoisotopic (exact) mass is 263 g/mol. The average Bonchev–Trinajstić information content (AvgIpc) is 2.79. The average molecular weight is 263 g/mol. The second-order valence-electron chi connectivity index (χ2n) is 3.40. The van der Waals surface area contributed by atoms with E-state index in [1.807, 2.05) is 0 Å². The predicted octanol–water partition coefficient (Wildman–Crippen LogP) is -0.361. The zero-order valence-corrected chi connectivity index (χ0v) is 10.2. The molecular weight excluding hydrogens is 250 g/mol. The first-order valence-corrected chi connectivity index (χ1v) is 7.46. The van der Waals surface area contributed by atoms with Crippen LogP contribution in [0.15, 0.2) is 11.2 Å². The van der Waals surface area contributed by atoms with Crippen LogP contribution in [-0.4, -0.2) is 52.6 Å². The number of rotatable bonds is 3. The third-order valence-electron chi connectivity index (χ3n) is 2.42. The van der Waals surface area contributed by atoms with Crippen molar-refractivity contribution >= 4 is 21.8 Å². The topological polar surface area (TPSA) is 86.3 Å². The number of aromatic amines is 1. The Hall–Kier alpha value is -0.570. The van der Waals surface area contributed by atoms with E-state index in [9.17, 15) is 8.42 Å². The third kappa shape index (κ3) is 2.10. The van der Waals surface area contributed by atoms with Gasteiger partial charge in [-0.05, 0) is 0 Å². The van der Waals surface area contributed by atoms with Crippen LogP contribution in [0.25, 0.3) is 0 Å². The molecule has 6 nitrogen and oxygen atoms in total. The summed E-state index contributed by atoms with van der Waals surface area (Å²) in [5.74, 6) is 1.61. The highest BCUT2D eigenvalue weighted by Crippen LogP contribution is 2.21. The number of nitrogens with zero attached hydrogens (tertiary/aromatic N) is 2. The van der Waals surface area contributed by atoms with E-state index in [4.69, 9.17) is 5.11 Å². The molecule has 0 spiro atoms. The minimum absolute atomic E-state index is 0.0156. The molecule has 90 valence electrons. The van der Waals surface area contributed by atoms with E-state index in [0.29, 0.717) is 18.7 Å². The summed E-state index contributed by atoms with van der Waals surface area (Å²) in [6.07, 6.45) is 1.34. The van der Waals surface area contributed by atoms with Gasteiger partial charge < -0.3 is 5.11 Å². The second-order valence-corrected chi connectivity index (χ2v) is 6.50. The Kier molecular flexibility index (Phi) is 3.53. The highest BCUT2D eigenvalue weighted by Gasteiger charge is 2.29. The first kappa shape index (κ1) is 11.9. The summed E-state index contributed by atoms with van der Waals surface area (Å²) in [7, 11) is -3.52. The summed E-state index contributed by atoms with van der Waals surface area (Å²) in [5.41, 5.74) is 0.318. The van der Waals surface area contributed by atoms with Crippen molar-refractivity contribution in [2.24, 2.45) is 0 Å². The SMILES string of the molecule is O=S(=O)(c1[nH]ncc1CO)N1CCSCC1. The number of aliphatic hydroxyl groups is 1. The number of nitrogens with one attached hydrogen (secondary N) is 1. The molecule has 1 aliphatic heterocycles. The molecule has 0 unspecified atom stereocenters. The summed E-state index contributed by atoms with van der Waals surface area (Å²) in [4.78, 5) is 0. The van der Waals surface area contributed by atoms with Crippen molar-refractivity contribution in [3.05, 3.63) is 11.8 Å². The van der Waals surface area contributed by atoms with Gasteiger partial charge in [0, 0.05) is 30.2 Å². The fourth-order valence-corrected chi connectivity index (χ4v) is 4.22. The fraction of sp³-hybridized carbons (Fsp3) is 0.625. The fourth-order valence-electron chi connectivity index (χ4n) is 1.55. The van der Waals surface area contributed by atoms with Crippen LogP contribution in [0.1, 0.15) is 5.56 Å². The van der Waals surface area contributed by atoms with Gasteiger partial charge in [-0.15, -0.1) is 0 Å². The summed E-state index contributed by atoms with van der Waals surface area (Å²) in [6, 6.07) is 0. The summed E-state index contributed by atoms with van der Waals surface area (Å²) in [6.45, 7) is 0.696. The van der Waals surface area contributed by atoms with Crippen LogP contribution in [-0.2, 0) is 16.6 Å². The molecule has 1 aromatic rings. The zero-order valence-electron chi connectivity index (χ0n) is 8.59. The molecule has 0 radical (unpaired) electrons. The molecule has 0 aliphatic carbocycles. The van der Waals surface area contributed by atoms with Crippen molar-refractivity contribution in [3.8, 4) is 0 Å². The Bertz CT molecular complexity index is 451. The molecule has 0 amide bonds. The maximum absolute atomic E-state index is 12.2. The Balaban J connectivity index is 2.30. The van der Waals surface area contributed by atoms with E-state index in [-0.39, 0.29) is 11.6 Å². The van der Waals surface area contributed by atoms with Gasteiger partial charge in [-0.3, -0.25) is 5.10 Å². The molecule has 2 N–H and O–H groups in total. The summed E-state index contributed by atoms with van der Waals surface area (Å²) in [5, 5.41) is 15.1. The highest BCUT2D eigenvalue weighted by molar-refractivity contribution is 7.99. The second kappa shape index (κ2) is 4.74. The molecule has 0 aromatic carbocycles. The maximum Gasteiger partial charge on any atom is 0.260 e. The maximum atomic E-state index is 12.2. The van der Waals surface area contributed by atoms with Gasteiger partial charge in [0.25, 0.3) is 10.0 Å². The van der Waals surface area contributed by atoms with Crippen molar-refractivity contribution in [3.63, 3.8) is 0 Å². The molecule has 2 rings (SSSR count). The lowest BCUT2D eigenvalue weighted by Crippen LogP contribution is -2.38. The number of H-pyrrole nitrogens is 1.